The lowest BCUT2D eigenvalue weighted by Crippen LogP contribution is -1.97. The number of ether oxygens (including phenoxy) is 2. The van der Waals surface area contributed by atoms with E-state index in [1.807, 2.05) is 18.2 Å². The number of nitriles is 1. The highest BCUT2D eigenvalue weighted by atomic mass is 35.5. The van der Waals surface area contributed by atoms with Crippen molar-refractivity contribution in [2.75, 3.05) is 0 Å². The predicted molar refractivity (Wildman–Crippen MR) is 106 cm³/mol. The molecule has 0 amide bonds. The van der Waals surface area contributed by atoms with E-state index in [4.69, 9.17) is 37.9 Å². The van der Waals surface area contributed by atoms with Crippen molar-refractivity contribution in [3.8, 4) is 23.3 Å². The molecular formula is C20H12Cl2N4O2. The summed E-state index contributed by atoms with van der Waals surface area (Å²) >= 11 is 12.2. The van der Waals surface area contributed by atoms with Gasteiger partial charge in [-0.2, -0.15) is 10.4 Å². The number of pyridine rings is 1. The number of halogens is 2. The Morgan fingerprint density at radius 1 is 1.04 bits per heavy atom. The third-order valence-corrected chi connectivity index (χ3v) is 4.62. The first-order valence-corrected chi connectivity index (χ1v) is 8.97. The molecule has 1 N–H and O–H groups in total. The number of aromatic amines is 1. The van der Waals surface area contributed by atoms with E-state index < -0.39 is 0 Å². The third-order valence-electron chi connectivity index (χ3n) is 3.98. The molecule has 4 aromatic rings. The van der Waals surface area contributed by atoms with Crippen LogP contribution in [0, 0.1) is 11.3 Å². The Hall–Kier alpha value is -3.27. The number of H-pyrrole nitrogens is 1. The molecule has 0 fully saturated rings. The molecule has 28 heavy (non-hydrogen) atoms. The van der Waals surface area contributed by atoms with Crippen molar-refractivity contribution in [2.45, 2.75) is 6.61 Å². The maximum Gasteiger partial charge on any atom is 0.181 e. The standard InChI is InChI=1S/C20H12Cl2N4O2/c21-16-5-4-14(8-12(16)10-23)28-19-9-13(3-6-17(19)22)27-11-18-15-2-1-7-24-20(15)26-25-18/h1-9H,11H2,(H,24,25,26). The van der Waals surface area contributed by atoms with Crippen LogP contribution in [0.5, 0.6) is 17.2 Å². The zero-order chi connectivity index (χ0) is 19.5. The van der Waals surface area contributed by atoms with E-state index in [-0.39, 0.29) is 6.61 Å². The molecule has 0 atom stereocenters. The molecular weight excluding hydrogens is 399 g/mol. The summed E-state index contributed by atoms with van der Waals surface area (Å²) in [6.45, 7) is 0.281. The van der Waals surface area contributed by atoms with E-state index in [1.54, 1.807) is 42.6 Å². The number of hydrogen-bond donors (Lipinski definition) is 1. The monoisotopic (exact) mass is 410 g/mol. The Kier molecular flexibility index (Phi) is 5.02. The molecule has 0 bridgehead atoms. The minimum absolute atomic E-state index is 0.281. The molecule has 4 rings (SSSR count). The summed E-state index contributed by atoms with van der Waals surface area (Å²) < 4.78 is 11.6. The Morgan fingerprint density at radius 2 is 1.86 bits per heavy atom. The SMILES string of the molecule is N#Cc1cc(Oc2cc(OCc3[nH]nc4ncccc34)ccc2Cl)ccc1Cl. The zero-order valence-electron chi connectivity index (χ0n) is 14.3. The summed E-state index contributed by atoms with van der Waals surface area (Å²) in [6.07, 6.45) is 1.69. The van der Waals surface area contributed by atoms with Crippen LogP contribution >= 0.6 is 23.2 Å². The third kappa shape index (κ3) is 3.72. The highest BCUT2D eigenvalue weighted by Crippen LogP contribution is 2.34. The average molecular weight is 411 g/mol. The van der Waals surface area contributed by atoms with Gasteiger partial charge in [-0.05, 0) is 36.4 Å². The number of benzene rings is 2. The Balaban J connectivity index is 1.53. The minimum atomic E-state index is 0.281. The van der Waals surface area contributed by atoms with Gasteiger partial charge in [0.05, 0.1) is 21.3 Å². The second kappa shape index (κ2) is 7.77. The van der Waals surface area contributed by atoms with Crippen molar-refractivity contribution in [2.24, 2.45) is 0 Å². The number of rotatable bonds is 5. The molecule has 0 unspecified atom stereocenters. The van der Waals surface area contributed by atoms with Gasteiger partial charge in [0.1, 0.15) is 29.9 Å². The highest BCUT2D eigenvalue weighted by molar-refractivity contribution is 6.32. The molecule has 0 aliphatic rings. The van der Waals surface area contributed by atoms with E-state index in [0.29, 0.717) is 38.5 Å². The molecule has 8 heteroatoms. The van der Waals surface area contributed by atoms with Crippen LogP contribution in [-0.2, 0) is 6.61 Å². The largest absolute Gasteiger partial charge is 0.487 e. The Morgan fingerprint density at radius 3 is 2.71 bits per heavy atom. The first-order chi connectivity index (χ1) is 13.6. The van der Waals surface area contributed by atoms with Crippen LogP contribution in [0.25, 0.3) is 11.0 Å². The van der Waals surface area contributed by atoms with E-state index >= 15 is 0 Å². The van der Waals surface area contributed by atoms with Crippen LogP contribution in [0.3, 0.4) is 0 Å². The lowest BCUT2D eigenvalue weighted by atomic mass is 10.2. The summed E-state index contributed by atoms with van der Waals surface area (Å²) in [5.41, 5.74) is 1.77. The summed E-state index contributed by atoms with van der Waals surface area (Å²) in [7, 11) is 0. The van der Waals surface area contributed by atoms with Crippen molar-refractivity contribution >= 4 is 34.2 Å². The molecule has 0 spiro atoms. The van der Waals surface area contributed by atoms with Crippen LogP contribution in [0.4, 0.5) is 0 Å². The molecule has 0 aliphatic heterocycles. The quantitative estimate of drug-likeness (QED) is 0.468. The first kappa shape index (κ1) is 18.1. The van der Waals surface area contributed by atoms with Crippen LogP contribution < -0.4 is 9.47 Å². The number of nitrogens with one attached hydrogen (secondary N) is 1. The van der Waals surface area contributed by atoms with Crippen molar-refractivity contribution in [1.29, 1.82) is 5.26 Å². The Labute approximate surface area is 170 Å². The van der Waals surface area contributed by atoms with Gasteiger partial charge in [0, 0.05) is 23.7 Å². The van der Waals surface area contributed by atoms with Gasteiger partial charge < -0.3 is 9.47 Å². The number of nitrogens with zero attached hydrogens (tertiary/aromatic N) is 3. The molecule has 6 nitrogen and oxygen atoms in total. The minimum Gasteiger partial charge on any atom is -0.487 e. The molecule has 2 aromatic heterocycles. The van der Waals surface area contributed by atoms with Gasteiger partial charge in [0.2, 0.25) is 0 Å². The molecule has 0 saturated heterocycles. The highest BCUT2D eigenvalue weighted by Gasteiger charge is 2.10. The van der Waals surface area contributed by atoms with Gasteiger partial charge in [-0.1, -0.05) is 23.2 Å². The van der Waals surface area contributed by atoms with E-state index in [0.717, 1.165) is 11.1 Å². The molecule has 138 valence electrons. The smallest absolute Gasteiger partial charge is 0.181 e. The van der Waals surface area contributed by atoms with Gasteiger partial charge >= 0.3 is 0 Å². The van der Waals surface area contributed by atoms with Gasteiger partial charge in [-0.3, -0.25) is 5.10 Å². The molecule has 0 radical (unpaired) electrons. The summed E-state index contributed by atoms with van der Waals surface area (Å²) in [5.74, 6) is 1.42. The Bertz CT molecular complexity index is 1200. The number of fused-ring (bicyclic) bond motifs is 1. The average Bonchev–Trinajstić information content (AvgIpc) is 3.13. The van der Waals surface area contributed by atoms with Gasteiger partial charge in [-0.15, -0.1) is 0 Å². The maximum absolute atomic E-state index is 9.09. The van der Waals surface area contributed by atoms with Crippen molar-refractivity contribution in [3.63, 3.8) is 0 Å². The number of aromatic nitrogens is 3. The van der Waals surface area contributed by atoms with Crippen molar-refractivity contribution < 1.29 is 9.47 Å². The van der Waals surface area contributed by atoms with Crippen LogP contribution in [0.15, 0.2) is 54.7 Å². The maximum atomic E-state index is 9.09. The van der Waals surface area contributed by atoms with E-state index in [2.05, 4.69) is 15.2 Å². The molecule has 2 aromatic carbocycles. The predicted octanol–water partition coefficient (Wildman–Crippen LogP) is 5.51. The van der Waals surface area contributed by atoms with Gasteiger partial charge in [0.25, 0.3) is 0 Å². The second-order valence-electron chi connectivity index (χ2n) is 5.81. The lowest BCUT2D eigenvalue weighted by molar-refractivity contribution is 0.301. The fourth-order valence-electron chi connectivity index (χ4n) is 2.60. The normalized spacial score (nSPS) is 10.6. The van der Waals surface area contributed by atoms with Crippen molar-refractivity contribution in [1.82, 2.24) is 15.2 Å². The summed E-state index contributed by atoms with van der Waals surface area (Å²) in [4.78, 5) is 4.18. The van der Waals surface area contributed by atoms with Gasteiger partial charge in [-0.25, -0.2) is 4.98 Å². The topological polar surface area (TPSA) is 83.8 Å². The van der Waals surface area contributed by atoms with Crippen LogP contribution in [0.1, 0.15) is 11.3 Å². The van der Waals surface area contributed by atoms with Gasteiger partial charge in [0.15, 0.2) is 5.65 Å². The lowest BCUT2D eigenvalue weighted by Gasteiger charge is -2.11. The molecule has 0 aliphatic carbocycles. The van der Waals surface area contributed by atoms with Crippen LogP contribution in [-0.4, -0.2) is 15.2 Å². The second-order valence-corrected chi connectivity index (χ2v) is 6.63. The molecule has 2 heterocycles. The zero-order valence-corrected chi connectivity index (χ0v) is 15.8. The van der Waals surface area contributed by atoms with Crippen LogP contribution in [0.2, 0.25) is 10.0 Å². The van der Waals surface area contributed by atoms with Crippen molar-refractivity contribution in [3.05, 3.63) is 76.0 Å². The fourth-order valence-corrected chi connectivity index (χ4v) is 2.92. The first-order valence-electron chi connectivity index (χ1n) is 8.22. The number of hydrogen-bond acceptors (Lipinski definition) is 5. The van der Waals surface area contributed by atoms with E-state index in [1.165, 1.54) is 0 Å². The fraction of sp³-hybridized carbons (Fsp3) is 0.0500. The molecule has 0 saturated carbocycles. The summed E-state index contributed by atoms with van der Waals surface area (Å²) in [5, 5.41) is 17.8. The van der Waals surface area contributed by atoms with E-state index in [9.17, 15) is 0 Å². The summed E-state index contributed by atoms with van der Waals surface area (Å²) in [6, 6.07) is 15.7.